The summed E-state index contributed by atoms with van der Waals surface area (Å²) in [6, 6.07) is 5.15. The van der Waals surface area contributed by atoms with Crippen LogP contribution in [-0.2, 0) is 12.8 Å². The maximum absolute atomic E-state index is 5.91. The smallest absolute Gasteiger partial charge is 0.125 e. The molecule has 0 amide bonds. The van der Waals surface area contributed by atoms with Gasteiger partial charge in [0.05, 0.1) is 6.61 Å². The zero-order valence-corrected chi connectivity index (χ0v) is 14.7. The van der Waals surface area contributed by atoms with Crippen molar-refractivity contribution in [1.82, 2.24) is 5.32 Å². The largest absolute Gasteiger partial charge is 0.493 e. The molecule has 0 saturated heterocycles. The monoisotopic (exact) mass is 351 g/mol. The SMILES string of the molecule is CCC1CCC(NC)C(Cc2cc(Br)cc3c2OCC3)C1. The summed E-state index contributed by atoms with van der Waals surface area (Å²) in [6.07, 6.45) is 7.56. The first-order chi connectivity index (χ1) is 10.2. The molecule has 1 aromatic carbocycles. The van der Waals surface area contributed by atoms with Gasteiger partial charge in [-0.3, -0.25) is 0 Å². The normalized spacial score (nSPS) is 28.2. The molecule has 21 heavy (non-hydrogen) atoms. The average Bonchev–Trinajstić information content (AvgIpc) is 2.95. The van der Waals surface area contributed by atoms with Gasteiger partial charge in [-0.25, -0.2) is 0 Å². The van der Waals surface area contributed by atoms with Crippen molar-refractivity contribution < 1.29 is 4.74 Å². The van der Waals surface area contributed by atoms with Crippen LogP contribution in [0, 0.1) is 11.8 Å². The highest BCUT2D eigenvalue weighted by atomic mass is 79.9. The van der Waals surface area contributed by atoms with E-state index in [2.05, 4.69) is 47.4 Å². The Balaban J connectivity index is 1.81. The Morgan fingerprint density at radius 1 is 1.33 bits per heavy atom. The molecule has 0 spiro atoms. The number of nitrogens with one attached hydrogen (secondary N) is 1. The second kappa shape index (κ2) is 6.70. The molecule has 1 aliphatic carbocycles. The van der Waals surface area contributed by atoms with Gasteiger partial charge in [0.1, 0.15) is 5.75 Å². The highest BCUT2D eigenvalue weighted by molar-refractivity contribution is 9.10. The Morgan fingerprint density at radius 2 is 2.19 bits per heavy atom. The van der Waals surface area contributed by atoms with Gasteiger partial charge in [-0.1, -0.05) is 29.3 Å². The third-order valence-electron chi connectivity index (χ3n) is 5.35. The van der Waals surface area contributed by atoms with Crippen LogP contribution in [-0.4, -0.2) is 19.7 Å². The van der Waals surface area contributed by atoms with E-state index < -0.39 is 0 Å². The summed E-state index contributed by atoms with van der Waals surface area (Å²) < 4.78 is 7.11. The number of halogens is 1. The Bertz CT molecular complexity index is 502. The van der Waals surface area contributed by atoms with Crippen molar-refractivity contribution in [1.29, 1.82) is 0 Å². The summed E-state index contributed by atoms with van der Waals surface area (Å²) in [6.45, 7) is 3.18. The van der Waals surface area contributed by atoms with Gasteiger partial charge in [0, 0.05) is 16.9 Å². The summed E-state index contributed by atoms with van der Waals surface area (Å²) >= 11 is 3.67. The molecule has 1 aromatic rings. The number of rotatable bonds is 4. The molecule has 3 unspecified atom stereocenters. The van der Waals surface area contributed by atoms with Crippen LogP contribution in [0.5, 0.6) is 5.75 Å². The van der Waals surface area contributed by atoms with Gasteiger partial charge >= 0.3 is 0 Å². The van der Waals surface area contributed by atoms with E-state index in [0.717, 1.165) is 31.3 Å². The topological polar surface area (TPSA) is 21.3 Å². The quantitative estimate of drug-likeness (QED) is 0.870. The summed E-state index contributed by atoms with van der Waals surface area (Å²) in [7, 11) is 2.12. The third kappa shape index (κ3) is 3.29. The molecule has 0 aromatic heterocycles. The van der Waals surface area contributed by atoms with Gasteiger partial charge in [-0.15, -0.1) is 0 Å². The van der Waals surface area contributed by atoms with Crippen molar-refractivity contribution in [3.05, 3.63) is 27.7 Å². The molecular weight excluding hydrogens is 326 g/mol. The van der Waals surface area contributed by atoms with E-state index in [1.54, 1.807) is 0 Å². The lowest BCUT2D eigenvalue weighted by molar-refractivity contribution is 0.204. The molecular formula is C18H26BrNO. The maximum Gasteiger partial charge on any atom is 0.125 e. The molecule has 1 N–H and O–H groups in total. The van der Waals surface area contributed by atoms with Crippen LogP contribution < -0.4 is 10.1 Å². The zero-order valence-electron chi connectivity index (χ0n) is 13.1. The molecule has 3 atom stereocenters. The van der Waals surface area contributed by atoms with Crippen LogP contribution in [0.2, 0.25) is 0 Å². The minimum Gasteiger partial charge on any atom is -0.493 e. The van der Waals surface area contributed by atoms with Crippen LogP contribution in [0.1, 0.15) is 43.7 Å². The predicted octanol–water partition coefficient (Wildman–Crippen LogP) is 4.34. The van der Waals surface area contributed by atoms with Crippen molar-refractivity contribution in [2.75, 3.05) is 13.7 Å². The maximum atomic E-state index is 5.91. The van der Waals surface area contributed by atoms with Gasteiger partial charge in [-0.2, -0.15) is 0 Å². The fourth-order valence-corrected chi connectivity index (χ4v) is 4.67. The molecule has 2 nitrogen and oxygen atoms in total. The first-order valence-electron chi connectivity index (χ1n) is 8.32. The minimum atomic E-state index is 0.656. The Kier molecular flexibility index (Phi) is 4.90. The minimum absolute atomic E-state index is 0.656. The second-order valence-corrected chi connectivity index (χ2v) is 7.51. The average molecular weight is 352 g/mol. The Labute approximate surface area is 136 Å². The predicted molar refractivity (Wildman–Crippen MR) is 91.0 cm³/mol. The van der Waals surface area contributed by atoms with Crippen molar-refractivity contribution >= 4 is 15.9 Å². The standard InChI is InChI=1S/C18H26BrNO/c1-3-12-4-5-17(20-2)14(8-12)9-15-11-16(19)10-13-6-7-21-18(13)15/h10-12,14,17,20H,3-9H2,1-2H3. The van der Waals surface area contributed by atoms with Crippen molar-refractivity contribution in [2.45, 2.75) is 51.5 Å². The van der Waals surface area contributed by atoms with Crippen LogP contribution in [0.4, 0.5) is 0 Å². The van der Waals surface area contributed by atoms with Gasteiger partial charge < -0.3 is 10.1 Å². The second-order valence-electron chi connectivity index (χ2n) is 6.60. The lowest BCUT2D eigenvalue weighted by atomic mass is 9.74. The van der Waals surface area contributed by atoms with E-state index >= 15 is 0 Å². The Hall–Kier alpha value is -0.540. The number of hydrogen-bond donors (Lipinski definition) is 1. The van der Waals surface area contributed by atoms with Crippen molar-refractivity contribution in [3.63, 3.8) is 0 Å². The zero-order chi connectivity index (χ0) is 14.8. The molecule has 3 rings (SSSR count). The number of fused-ring (bicyclic) bond motifs is 1. The Morgan fingerprint density at radius 3 is 2.95 bits per heavy atom. The van der Waals surface area contributed by atoms with E-state index in [4.69, 9.17) is 4.74 Å². The molecule has 1 heterocycles. The van der Waals surface area contributed by atoms with E-state index in [-0.39, 0.29) is 0 Å². The summed E-state index contributed by atoms with van der Waals surface area (Å²) in [5.41, 5.74) is 2.78. The lowest BCUT2D eigenvalue weighted by Crippen LogP contribution is -2.39. The van der Waals surface area contributed by atoms with E-state index in [9.17, 15) is 0 Å². The molecule has 3 heteroatoms. The van der Waals surface area contributed by atoms with Gasteiger partial charge in [0.25, 0.3) is 0 Å². The summed E-state index contributed by atoms with van der Waals surface area (Å²) in [4.78, 5) is 0. The lowest BCUT2D eigenvalue weighted by Gasteiger charge is -2.36. The molecule has 1 aliphatic heterocycles. The fraction of sp³-hybridized carbons (Fsp3) is 0.667. The van der Waals surface area contributed by atoms with Crippen molar-refractivity contribution in [3.8, 4) is 5.75 Å². The van der Waals surface area contributed by atoms with E-state index in [1.165, 1.54) is 47.0 Å². The van der Waals surface area contributed by atoms with Crippen LogP contribution in [0.3, 0.4) is 0 Å². The van der Waals surface area contributed by atoms with Gasteiger partial charge in [0.15, 0.2) is 0 Å². The van der Waals surface area contributed by atoms with E-state index in [1.807, 2.05) is 0 Å². The molecule has 116 valence electrons. The summed E-state index contributed by atoms with van der Waals surface area (Å²) in [5, 5.41) is 3.55. The summed E-state index contributed by atoms with van der Waals surface area (Å²) in [5.74, 6) is 2.81. The number of hydrogen-bond acceptors (Lipinski definition) is 2. The molecule has 1 saturated carbocycles. The molecule has 0 bridgehead atoms. The highest BCUT2D eigenvalue weighted by Crippen LogP contribution is 2.38. The first kappa shape index (κ1) is 15.4. The van der Waals surface area contributed by atoms with Gasteiger partial charge in [0.2, 0.25) is 0 Å². The van der Waals surface area contributed by atoms with Gasteiger partial charge in [-0.05, 0) is 67.8 Å². The third-order valence-corrected chi connectivity index (χ3v) is 5.80. The number of ether oxygens (including phenoxy) is 1. The van der Waals surface area contributed by atoms with Crippen LogP contribution >= 0.6 is 15.9 Å². The fourth-order valence-electron chi connectivity index (χ4n) is 4.12. The highest BCUT2D eigenvalue weighted by Gasteiger charge is 2.30. The van der Waals surface area contributed by atoms with Crippen LogP contribution in [0.25, 0.3) is 0 Å². The number of benzene rings is 1. The van der Waals surface area contributed by atoms with Crippen molar-refractivity contribution in [2.24, 2.45) is 11.8 Å². The molecule has 0 radical (unpaired) electrons. The van der Waals surface area contributed by atoms with Crippen LogP contribution in [0.15, 0.2) is 16.6 Å². The first-order valence-corrected chi connectivity index (χ1v) is 9.12. The van der Waals surface area contributed by atoms with E-state index in [0.29, 0.717) is 6.04 Å². The molecule has 1 fully saturated rings. The molecule has 2 aliphatic rings.